The van der Waals surface area contributed by atoms with E-state index >= 15 is 0 Å². The Bertz CT molecular complexity index is 406. The maximum Gasteiger partial charge on any atom is 0.239 e. The molecule has 5 nitrogen and oxygen atoms in total. The van der Waals surface area contributed by atoms with Crippen molar-refractivity contribution < 1.29 is 0 Å². The first-order chi connectivity index (χ1) is 8.60. The molecule has 1 heterocycles. The maximum absolute atomic E-state index is 5.34. The van der Waals surface area contributed by atoms with Gasteiger partial charge in [0.05, 0.1) is 0 Å². The number of hydrogen-bond donors (Lipinski definition) is 3. The van der Waals surface area contributed by atoms with Crippen LogP contribution in [0.5, 0.6) is 0 Å². The summed E-state index contributed by atoms with van der Waals surface area (Å²) in [5, 5.41) is 3.53. The lowest BCUT2D eigenvalue weighted by molar-refractivity contribution is 0.260. The molecule has 0 amide bonds. The summed E-state index contributed by atoms with van der Waals surface area (Å²) in [6, 6.07) is 0.510. The first-order valence-corrected chi connectivity index (χ1v) is 6.67. The predicted octanol–water partition coefficient (Wildman–Crippen LogP) is 2.31. The van der Waals surface area contributed by atoms with Gasteiger partial charge in [-0.25, -0.2) is 10.8 Å². The van der Waals surface area contributed by atoms with Crippen molar-refractivity contribution in [2.75, 3.05) is 10.7 Å². The standard InChI is InChI=1S/C13H23N5/c1-8-4-5-11(6-9(8)2)16-12-10(3)7-15-13(17-12)18-14/h7-9,11H,4-6,14H2,1-3H3,(H2,15,16,17,18). The molecule has 100 valence electrons. The van der Waals surface area contributed by atoms with Crippen molar-refractivity contribution in [1.29, 1.82) is 0 Å². The van der Waals surface area contributed by atoms with Gasteiger partial charge in [0, 0.05) is 17.8 Å². The van der Waals surface area contributed by atoms with Gasteiger partial charge in [0.15, 0.2) is 0 Å². The van der Waals surface area contributed by atoms with Crippen LogP contribution >= 0.6 is 0 Å². The van der Waals surface area contributed by atoms with E-state index in [9.17, 15) is 0 Å². The Morgan fingerprint density at radius 3 is 2.72 bits per heavy atom. The van der Waals surface area contributed by atoms with Gasteiger partial charge in [0.2, 0.25) is 5.95 Å². The van der Waals surface area contributed by atoms with Gasteiger partial charge in [0.1, 0.15) is 5.82 Å². The van der Waals surface area contributed by atoms with Crippen molar-refractivity contribution in [2.45, 2.75) is 46.1 Å². The molecule has 0 bridgehead atoms. The largest absolute Gasteiger partial charge is 0.367 e. The number of hydrazine groups is 1. The van der Waals surface area contributed by atoms with Crippen LogP contribution in [0.1, 0.15) is 38.7 Å². The van der Waals surface area contributed by atoms with E-state index in [1.54, 1.807) is 6.20 Å². The summed E-state index contributed by atoms with van der Waals surface area (Å²) in [5.74, 6) is 8.29. The molecule has 0 radical (unpaired) electrons. The molecule has 0 aromatic carbocycles. The molecule has 1 saturated carbocycles. The number of anilines is 2. The molecular weight excluding hydrogens is 226 g/mol. The van der Waals surface area contributed by atoms with Crippen molar-refractivity contribution in [3.63, 3.8) is 0 Å². The van der Waals surface area contributed by atoms with Crippen molar-refractivity contribution >= 4 is 11.8 Å². The molecule has 3 unspecified atom stereocenters. The van der Waals surface area contributed by atoms with Gasteiger partial charge in [-0.3, -0.25) is 5.43 Å². The lowest BCUT2D eigenvalue weighted by Crippen LogP contribution is -2.31. The van der Waals surface area contributed by atoms with Crippen molar-refractivity contribution in [3.8, 4) is 0 Å². The number of nitrogens with one attached hydrogen (secondary N) is 2. The summed E-state index contributed by atoms with van der Waals surface area (Å²) < 4.78 is 0. The summed E-state index contributed by atoms with van der Waals surface area (Å²) in [5.41, 5.74) is 3.54. The van der Waals surface area contributed by atoms with E-state index in [2.05, 4.69) is 34.6 Å². The molecule has 5 heteroatoms. The van der Waals surface area contributed by atoms with Crippen LogP contribution in [0.4, 0.5) is 11.8 Å². The fraction of sp³-hybridized carbons (Fsp3) is 0.692. The minimum absolute atomic E-state index is 0.459. The van der Waals surface area contributed by atoms with Crippen LogP contribution in [0.3, 0.4) is 0 Å². The average molecular weight is 249 g/mol. The van der Waals surface area contributed by atoms with Gasteiger partial charge in [-0.1, -0.05) is 13.8 Å². The normalized spacial score (nSPS) is 27.9. The predicted molar refractivity (Wildman–Crippen MR) is 74.2 cm³/mol. The Morgan fingerprint density at radius 2 is 2.06 bits per heavy atom. The molecule has 4 N–H and O–H groups in total. The van der Waals surface area contributed by atoms with E-state index in [4.69, 9.17) is 5.84 Å². The fourth-order valence-corrected chi connectivity index (χ4v) is 2.53. The molecule has 2 rings (SSSR count). The van der Waals surface area contributed by atoms with Gasteiger partial charge in [-0.15, -0.1) is 0 Å². The molecule has 0 spiro atoms. The molecule has 1 aliphatic rings. The SMILES string of the molecule is Cc1cnc(NN)nc1NC1CCC(C)C(C)C1. The van der Waals surface area contributed by atoms with Gasteiger partial charge in [-0.05, 0) is 38.0 Å². The molecule has 1 fully saturated rings. The smallest absolute Gasteiger partial charge is 0.239 e. The number of aryl methyl sites for hydroxylation is 1. The molecule has 0 saturated heterocycles. The minimum Gasteiger partial charge on any atom is -0.367 e. The number of rotatable bonds is 3. The maximum atomic E-state index is 5.34. The number of aromatic nitrogens is 2. The topological polar surface area (TPSA) is 75.9 Å². The zero-order valence-electron chi connectivity index (χ0n) is 11.4. The third-order valence-electron chi connectivity index (χ3n) is 4.04. The van der Waals surface area contributed by atoms with E-state index < -0.39 is 0 Å². The number of hydrogen-bond acceptors (Lipinski definition) is 5. The molecule has 1 aromatic rings. The highest BCUT2D eigenvalue weighted by Gasteiger charge is 2.24. The van der Waals surface area contributed by atoms with E-state index in [1.165, 1.54) is 19.3 Å². The number of nitrogen functional groups attached to an aromatic ring is 1. The lowest BCUT2D eigenvalue weighted by atomic mass is 9.79. The average Bonchev–Trinajstić information content (AvgIpc) is 2.36. The zero-order valence-corrected chi connectivity index (χ0v) is 11.4. The quantitative estimate of drug-likeness (QED) is 0.566. The Morgan fingerprint density at radius 1 is 1.28 bits per heavy atom. The molecule has 1 aliphatic carbocycles. The van der Waals surface area contributed by atoms with Gasteiger partial charge in [0.25, 0.3) is 0 Å². The Balaban J connectivity index is 2.05. The second-order valence-corrected chi connectivity index (χ2v) is 5.48. The van der Waals surface area contributed by atoms with Crippen molar-refractivity contribution in [2.24, 2.45) is 17.7 Å². The summed E-state index contributed by atoms with van der Waals surface area (Å²) in [7, 11) is 0. The fourth-order valence-electron chi connectivity index (χ4n) is 2.53. The van der Waals surface area contributed by atoms with E-state index in [1.807, 2.05) is 6.92 Å². The van der Waals surface area contributed by atoms with Crippen LogP contribution in [-0.2, 0) is 0 Å². The Hall–Kier alpha value is -1.36. The summed E-state index contributed by atoms with van der Waals surface area (Å²) in [6.07, 6.45) is 5.49. The first kappa shape index (κ1) is 13.1. The molecule has 0 aliphatic heterocycles. The first-order valence-electron chi connectivity index (χ1n) is 6.67. The van der Waals surface area contributed by atoms with E-state index in [-0.39, 0.29) is 0 Å². The van der Waals surface area contributed by atoms with Gasteiger partial charge < -0.3 is 5.32 Å². The van der Waals surface area contributed by atoms with Crippen LogP contribution in [0.25, 0.3) is 0 Å². The molecule has 1 aromatic heterocycles. The van der Waals surface area contributed by atoms with Crippen LogP contribution < -0.4 is 16.6 Å². The van der Waals surface area contributed by atoms with Crippen molar-refractivity contribution in [3.05, 3.63) is 11.8 Å². The molecule has 18 heavy (non-hydrogen) atoms. The van der Waals surface area contributed by atoms with Gasteiger partial charge >= 0.3 is 0 Å². The molecule has 3 atom stereocenters. The third kappa shape index (κ3) is 2.90. The van der Waals surface area contributed by atoms with Crippen LogP contribution in [0, 0.1) is 18.8 Å². The van der Waals surface area contributed by atoms with Crippen molar-refractivity contribution in [1.82, 2.24) is 9.97 Å². The summed E-state index contributed by atoms with van der Waals surface area (Å²) in [6.45, 7) is 6.68. The second-order valence-electron chi connectivity index (χ2n) is 5.48. The van der Waals surface area contributed by atoms with E-state index in [0.717, 1.165) is 23.2 Å². The van der Waals surface area contributed by atoms with Crippen LogP contribution in [0.15, 0.2) is 6.20 Å². The van der Waals surface area contributed by atoms with Crippen LogP contribution in [0.2, 0.25) is 0 Å². The lowest BCUT2D eigenvalue weighted by Gasteiger charge is -2.33. The minimum atomic E-state index is 0.459. The third-order valence-corrected chi connectivity index (χ3v) is 4.04. The second kappa shape index (κ2) is 5.52. The summed E-state index contributed by atoms with van der Waals surface area (Å²) >= 11 is 0. The highest BCUT2D eigenvalue weighted by molar-refractivity contribution is 5.46. The zero-order chi connectivity index (χ0) is 13.1. The summed E-state index contributed by atoms with van der Waals surface area (Å²) in [4.78, 5) is 8.46. The Labute approximate surface area is 109 Å². The molecular formula is C13H23N5. The monoisotopic (exact) mass is 249 g/mol. The Kier molecular flexibility index (Phi) is 4.01. The highest BCUT2D eigenvalue weighted by Crippen LogP contribution is 2.31. The highest BCUT2D eigenvalue weighted by atomic mass is 15.3. The van der Waals surface area contributed by atoms with Gasteiger partial charge in [-0.2, -0.15) is 4.98 Å². The van der Waals surface area contributed by atoms with Crippen LogP contribution in [-0.4, -0.2) is 16.0 Å². The van der Waals surface area contributed by atoms with E-state index in [0.29, 0.717) is 12.0 Å². The number of nitrogens with two attached hydrogens (primary N) is 1. The number of nitrogens with zero attached hydrogens (tertiary/aromatic N) is 2.